The van der Waals surface area contributed by atoms with Gasteiger partial charge in [-0.25, -0.2) is 0 Å². The van der Waals surface area contributed by atoms with E-state index in [9.17, 15) is 0 Å². The summed E-state index contributed by atoms with van der Waals surface area (Å²) in [6.07, 6.45) is 0.969. The second-order valence-corrected chi connectivity index (χ2v) is 4.56. The van der Waals surface area contributed by atoms with Crippen molar-refractivity contribution in [3.05, 3.63) is 52.2 Å². The fourth-order valence-electron chi connectivity index (χ4n) is 2.52. The van der Waals surface area contributed by atoms with Gasteiger partial charge in [-0.05, 0) is 60.6 Å². The third-order valence-corrected chi connectivity index (χ3v) is 3.64. The highest BCUT2D eigenvalue weighted by atomic mass is 14.8. The molecule has 1 N–H and O–H groups in total. The van der Waals surface area contributed by atoms with Gasteiger partial charge in [0.1, 0.15) is 0 Å². The Labute approximate surface area is 97.9 Å². The van der Waals surface area contributed by atoms with Gasteiger partial charge in [-0.1, -0.05) is 18.7 Å². The molecule has 16 heavy (non-hydrogen) atoms. The monoisotopic (exact) mass is 213 g/mol. The Bertz CT molecular complexity index is 492. The minimum Gasteiger partial charge on any atom is -0.388 e. The van der Waals surface area contributed by atoms with Gasteiger partial charge in [0.15, 0.2) is 0 Å². The molecule has 0 spiro atoms. The first-order valence-electron chi connectivity index (χ1n) is 5.72. The molecule has 0 bridgehead atoms. The largest absolute Gasteiger partial charge is 0.388 e. The van der Waals surface area contributed by atoms with Crippen molar-refractivity contribution >= 4 is 5.57 Å². The highest BCUT2D eigenvalue weighted by molar-refractivity contribution is 5.77. The second kappa shape index (κ2) is 3.82. The van der Waals surface area contributed by atoms with E-state index in [-0.39, 0.29) is 0 Å². The predicted molar refractivity (Wildman–Crippen MR) is 70.4 cm³/mol. The molecule has 0 heterocycles. The number of hydrogen-bond acceptors (Lipinski definition) is 1. The van der Waals surface area contributed by atoms with Gasteiger partial charge in [-0.15, -0.1) is 0 Å². The van der Waals surface area contributed by atoms with Crippen molar-refractivity contribution in [1.82, 2.24) is 5.32 Å². The first-order chi connectivity index (χ1) is 7.56. The predicted octanol–water partition coefficient (Wildman–Crippen LogP) is 3.37. The van der Waals surface area contributed by atoms with E-state index in [4.69, 9.17) is 0 Å². The van der Waals surface area contributed by atoms with Crippen LogP contribution in [0, 0.1) is 13.8 Å². The van der Waals surface area contributed by atoms with Gasteiger partial charge in [0, 0.05) is 12.7 Å². The number of nitrogens with one attached hydrogen (secondary N) is 1. The van der Waals surface area contributed by atoms with Crippen molar-refractivity contribution in [1.29, 1.82) is 0 Å². The number of rotatable bonds is 1. The van der Waals surface area contributed by atoms with E-state index in [0.717, 1.165) is 6.42 Å². The molecule has 1 aromatic carbocycles. The van der Waals surface area contributed by atoms with E-state index in [2.05, 4.69) is 44.8 Å². The summed E-state index contributed by atoms with van der Waals surface area (Å²) in [5.41, 5.74) is 9.32. The molecule has 1 aliphatic carbocycles. The molecule has 0 fully saturated rings. The molecular weight excluding hydrogens is 194 g/mol. The Kier molecular flexibility index (Phi) is 2.63. The van der Waals surface area contributed by atoms with Gasteiger partial charge in [-0.2, -0.15) is 0 Å². The van der Waals surface area contributed by atoms with Crippen molar-refractivity contribution in [2.24, 2.45) is 0 Å². The van der Waals surface area contributed by atoms with Crippen LogP contribution in [-0.4, -0.2) is 7.05 Å². The van der Waals surface area contributed by atoms with E-state index >= 15 is 0 Å². The van der Waals surface area contributed by atoms with E-state index in [1.807, 2.05) is 7.05 Å². The number of hydrogen-bond donors (Lipinski definition) is 1. The molecule has 1 aliphatic rings. The Balaban J connectivity index is 2.70. The maximum absolute atomic E-state index is 4.17. The minimum absolute atomic E-state index is 0.969. The van der Waals surface area contributed by atoms with Crippen molar-refractivity contribution in [2.75, 3.05) is 7.05 Å². The molecule has 1 aromatic rings. The van der Waals surface area contributed by atoms with Gasteiger partial charge >= 0.3 is 0 Å². The summed E-state index contributed by atoms with van der Waals surface area (Å²) in [5, 5.41) is 3.26. The molecule has 0 unspecified atom stereocenters. The fraction of sp³-hybridized carbons (Fsp3) is 0.333. The lowest BCUT2D eigenvalue weighted by Gasteiger charge is -2.25. The van der Waals surface area contributed by atoms with Crippen LogP contribution in [0.5, 0.6) is 0 Å². The summed E-state index contributed by atoms with van der Waals surface area (Å²) in [6, 6.07) is 4.44. The number of allylic oxidation sites excluding steroid dienone is 2. The Morgan fingerprint density at radius 2 is 1.88 bits per heavy atom. The Morgan fingerprint density at radius 3 is 2.50 bits per heavy atom. The van der Waals surface area contributed by atoms with Crippen molar-refractivity contribution in [3.63, 3.8) is 0 Å². The zero-order valence-corrected chi connectivity index (χ0v) is 10.6. The first kappa shape index (κ1) is 11.0. The van der Waals surface area contributed by atoms with Gasteiger partial charge in [-0.3, -0.25) is 0 Å². The maximum atomic E-state index is 4.17. The molecule has 0 radical (unpaired) electrons. The zero-order chi connectivity index (χ0) is 11.9. The SMILES string of the molecule is C=C1Cc2c(ccc(C)c2C)C(C)=C1NC. The number of likely N-dealkylation sites (N-methyl/N-ethyl adjacent to an activating group) is 1. The van der Waals surface area contributed by atoms with Crippen molar-refractivity contribution in [2.45, 2.75) is 27.2 Å². The van der Waals surface area contributed by atoms with E-state index in [1.165, 1.54) is 39.1 Å². The van der Waals surface area contributed by atoms with Crippen LogP contribution in [0.4, 0.5) is 0 Å². The topological polar surface area (TPSA) is 12.0 Å². The van der Waals surface area contributed by atoms with Gasteiger partial charge in [0.25, 0.3) is 0 Å². The molecule has 1 nitrogen and oxygen atoms in total. The molecule has 0 saturated heterocycles. The average molecular weight is 213 g/mol. The van der Waals surface area contributed by atoms with Gasteiger partial charge in [0.2, 0.25) is 0 Å². The second-order valence-electron chi connectivity index (χ2n) is 4.56. The standard InChI is InChI=1S/C15H19N/c1-9-6-7-13-12(4)15(16-5)10(2)8-14(13)11(9)3/h6-7,16H,2,8H2,1,3-5H3. The molecule has 84 valence electrons. The van der Waals surface area contributed by atoms with Crippen molar-refractivity contribution in [3.8, 4) is 0 Å². The van der Waals surface area contributed by atoms with Crippen molar-refractivity contribution < 1.29 is 0 Å². The summed E-state index contributed by atoms with van der Waals surface area (Å²) in [7, 11) is 1.97. The van der Waals surface area contributed by atoms with Gasteiger partial charge in [0.05, 0.1) is 0 Å². The third kappa shape index (κ3) is 1.47. The zero-order valence-electron chi connectivity index (χ0n) is 10.6. The first-order valence-corrected chi connectivity index (χ1v) is 5.72. The lowest BCUT2D eigenvalue weighted by atomic mass is 9.83. The van der Waals surface area contributed by atoms with Crippen LogP contribution in [0.2, 0.25) is 0 Å². The van der Waals surface area contributed by atoms with Crippen LogP contribution < -0.4 is 5.32 Å². The molecule has 0 amide bonds. The molecule has 0 aliphatic heterocycles. The summed E-state index contributed by atoms with van der Waals surface area (Å²) in [5.74, 6) is 0. The van der Waals surface area contributed by atoms with Gasteiger partial charge < -0.3 is 5.32 Å². The van der Waals surface area contributed by atoms with E-state index in [1.54, 1.807) is 0 Å². The van der Waals surface area contributed by atoms with Crippen LogP contribution in [0.15, 0.2) is 30.0 Å². The molecule has 1 heteroatoms. The molecule has 0 saturated carbocycles. The summed E-state index contributed by atoms with van der Waals surface area (Å²) in [6.45, 7) is 10.7. The van der Waals surface area contributed by atoms with E-state index < -0.39 is 0 Å². The number of aryl methyl sites for hydroxylation is 1. The fourth-order valence-corrected chi connectivity index (χ4v) is 2.52. The lowest BCUT2D eigenvalue weighted by molar-refractivity contribution is 0.946. The minimum atomic E-state index is 0.969. The summed E-state index contributed by atoms with van der Waals surface area (Å²) in [4.78, 5) is 0. The molecular formula is C15H19N. The Hall–Kier alpha value is -1.50. The van der Waals surface area contributed by atoms with Crippen LogP contribution >= 0.6 is 0 Å². The summed E-state index contributed by atoms with van der Waals surface area (Å²) < 4.78 is 0. The molecule has 0 atom stereocenters. The van der Waals surface area contributed by atoms with Crippen LogP contribution in [-0.2, 0) is 6.42 Å². The lowest BCUT2D eigenvalue weighted by Crippen LogP contribution is -2.17. The highest BCUT2D eigenvalue weighted by Crippen LogP contribution is 2.34. The van der Waals surface area contributed by atoms with E-state index in [0.29, 0.717) is 0 Å². The third-order valence-electron chi connectivity index (χ3n) is 3.64. The van der Waals surface area contributed by atoms with Crippen LogP contribution in [0.3, 0.4) is 0 Å². The molecule has 0 aromatic heterocycles. The van der Waals surface area contributed by atoms with Crippen LogP contribution in [0.1, 0.15) is 29.2 Å². The summed E-state index contributed by atoms with van der Waals surface area (Å²) >= 11 is 0. The number of fused-ring (bicyclic) bond motifs is 1. The normalized spacial score (nSPS) is 15.1. The quantitative estimate of drug-likeness (QED) is 0.754. The molecule has 2 rings (SSSR count). The van der Waals surface area contributed by atoms with Crippen LogP contribution in [0.25, 0.3) is 5.57 Å². The maximum Gasteiger partial charge on any atom is 0.0403 e. The highest BCUT2D eigenvalue weighted by Gasteiger charge is 2.19. The Morgan fingerprint density at radius 1 is 1.19 bits per heavy atom. The number of benzene rings is 1. The smallest absolute Gasteiger partial charge is 0.0403 e. The average Bonchev–Trinajstić information content (AvgIpc) is 2.25.